The van der Waals surface area contributed by atoms with Crippen molar-refractivity contribution in [1.82, 2.24) is 9.97 Å². The Morgan fingerprint density at radius 2 is 1.93 bits per heavy atom. The van der Waals surface area contributed by atoms with Crippen LogP contribution < -0.4 is 14.8 Å². The molecule has 0 bridgehead atoms. The average molecular weight is 444 g/mol. The van der Waals surface area contributed by atoms with Crippen molar-refractivity contribution in [2.24, 2.45) is 0 Å². The van der Waals surface area contributed by atoms with Gasteiger partial charge in [-0.25, -0.2) is 9.97 Å². The number of hydrogen-bond acceptors (Lipinski definition) is 7. The monoisotopic (exact) mass is 443 g/mol. The van der Waals surface area contributed by atoms with E-state index >= 15 is 0 Å². The van der Waals surface area contributed by atoms with Gasteiger partial charge in [-0.05, 0) is 6.07 Å². The largest absolute Gasteiger partial charge is 0.486 e. The van der Waals surface area contributed by atoms with Crippen LogP contribution in [0.2, 0.25) is 5.02 Å². The maximum Gasteiger partial charge on any atom is 0.232 e. The Hall–Kier alpha value is -2.68. The highest BCUT2D eigenvalue weighted by molar-refractivity contribution is 7.22. The molecule has 0 atom stereocenters. The van der Waals surface area contributed by atoms with Gasteiger partial charge in [0.2, 0.25) is 5.91 Å². The molecule has 1 N–H and O–H groups in total. The summed E-state index contributed by atoms with van der Waals surface area (Å²) in [5.74, 6) is 1.22. The summed E-state index contributed by atoms with van der Waals surface area (Å²) in [7, 11) is 0. The molecule has 0 aliphatic carbocycles. The molecular formula is C20H14ClN3O3S2. The van der Waals surface area contributed by atoms with Gasteiger partial charge in [-0.15, -0.1) is 11.3 Å². The summed E-state index contributed by atoms with van der Waals surface area (Å²) >= 11 is 9.10. The number of amides is 1. The molecular weight excluding hydrogens is 430 g/mol. The van der Waals surface area contributed by atoms with Crippen molar-refractivity contribution in [3.8, 4) is 22.1 Å². The number of anilines is 1. The summed E-state index contributed by atoms with van der Waals surface area (Å²) in [5.41, 5.74) is 2.33. The van der Waals surface area contributed by atoms with Crippen molar-refractivity contribution in [3.63, 3.8) is 0 Å². The Kier molecular flexibility index (Phi) is 4.83. The molecule has 0 unspecified atom stereocenters. The van der Waals surface area contributed by atoms with E-state index in [1.54, 1.807) is 0 Å². The number of benzene rings is 2. The number of aromatic nitrogens is 2. The lowest BCUT2D eigenvalue weighted by molar-refractivity contribution is -0.115. The standard InChI is InChI=1S/C20H14ClN3O3S2/c21-13-4-2-1-3-12(13)19-22-11(10-28-19)7-18(25)24-20-23-14-8-15-16(9-17(14)29-20)27-6-5-26-15/h1-4,8-10H,5-7H2,(H,23,24,25). The van der Waals surface area contributed by atoms with Crippen molar-refractivity contribution in [1.29, 1.82) is 0 Å². The number of hydrogen-bond donors (Lipinski definition) is 1. The Morgan fingerprint density at radius 1 is 1.14 bits per heavy atom. The maximum absolute atomic E-state index is 12.5. The molecule has 9 heteroatoms. The average Bonchev–Trinajstić information content (AvgIpc) is 3.32. The van der Waals surface area contributed by atoms with Gasteiger partial charge in [0.25, 0.3) is 0 Å². The minimum atomic E-state index is -0.169. The first-order valence-electron chi connectivity index (χ1n) is 8.85. The van der Waals surface area contributed by atoms with E-state index in [0.717, 1.165) is 20.8 Å². The smallest absolute Gasteiger partial charge is 0.232 e. The van der Waals surface area contributed by atoms with Crippen LogP contribution in [0.25, 0.3) is 20.8 Å². The van der Waals surface area contributed by atoms with Crippen molar-refractivity contribution in [2.75, 3.05) is 18.5 Å². The quantitative estimate of drug-likeness (QED) is 0.479. The number of nitrogens with one attached hydrogen (secondary N) is 1. The summed E-state index contributed by atoms with van der Waals surface area (Å²) in [6.45, 7) is 1.06. The highest BCUT2D eigenvalue weighted by atomic mass is 35.5. The molecule has 146 valence electrons. The minimum absolute atomic E-state index is 0.166. The van der Waals surface area contributed by atoms with E-state index in [2.05, 4.69) is 15.3 Å². The van der Waals surface area contributed by atoms with E-state index in [1.807, 2.05) is 41.8 Å². The number of ether oxygens (including phenoxy) is 2. The molecule has 1 amide bonds. The molecule has 1 aliphatic heterocycles. The van der Waals surface area contributed by atoms with E-state index in [9.17, 15) is 4.79 Å². The van der Waals surface area contributed by atoms with Gasteiger partial charge in [0, 0.05) is 23.1 Å². The van der Waals surface area contributed by atoms with Crippen LogP contribution in [0.15, 0.2) is 41.8 Å². The Labute approximate surface area is 179 Å². The zero-order valence-corrected chi connectivity index (χ0v) is 17.4. The predicted molar refractivity (Wildman–Crippen MR) is 116 cm³/mol. The summed E-state index contributed by atoms with van der Waals surface area (Å²) < 4.78 is 12.1. The predicted octanol–water partition coefficient (Wildman–Crippen LogP) is 5.03. The summed E-state index contributed by atoms with van der Waals surface area (Å²) in [6.07, 6.45) is 0.166. The van der Waals surface area contributed by atoms with Gasteiger partial charge in [0.1, 0.15) is 18.2 Å². The third kappa shape index (κ3) is 3.78. The minimum Gasteiger partial charge on any atom is -0.486 e. The fraction of sp³-hybridized carbons (Fsp3) is 0.150. The zero-order chi connectivity index (χ0) is 19.8. The number of halogens is 1. The number of carbonyl (C=O) groups excluding carboxylic acids is 1. The van der Waals surface area contributed by atoms with E-state index < -0.39 is 0 Å². The van der Waals surface area contributed by atoms with Gasteiger partial charge in [-0.3, -0.25) is 4.79 Å². The van der Waals surface area contributed by atoms with Crippen LogP contribution in [0.5, 0.6) is 11.5 Å². The van der Waals surface area contributed by atoms with Gasteiger partial charge in [0.15, 0.2) is 16.6 Å². The third-order valence-corrected chi connectivity index (χ3v) is 6.48. The second kappa shape index (κ2) is 7.62. The molecule has 2 aromatic heterocycles. The summed E-state index contributed by atoms with van der Waals surface area (Å²) in [5, 5.41) is 6.70. The Morgan fingerprint density at radius 3 is 2.76 bits per heavy atom. The van der Waals surface area contributed by atoms with Crippen molar-refractivity contribution >= 4 is 55.5 Å². The number of nitrogens with zero attached hydrogens (tertiary/aromatic N) is 2. The molecule has 4 aromatic rings. The van der Waals surface area contributed by atoms with Crippen LogP contribution in [-0.2, 0) is 11.2 Å². The fourth-order valence-electron chi connectivity index (χ4n) is 2.99. The van der Waals surface area contributed by atoms with Gasteiger partial charge in [-0.1, -0.05) is 41.1 Å². The second-order valence-corrected chi connectivity index (χ2v) is 8.63. The Balaban J connectivity index is 1.30. The van der Waals surface area contributed by atoms with E-state index in [1.165, 1.54) is 22.7 Å². The molecule has 0 saturated carbocycles. The van der Waals surface area contributed by atoms with E-state index in [0.29, 0.717) is 40.6 Å². The van der Waals surface area contributed by atoms with Gasteiger partial charge in [0.05, 0.1) is 27.4 Å². The molecule has 6 nitrogen and oxygen atoms in total. The van der Waals surface area contributed by atoms with Crippen LogP contribution in [0, 0.1) is 0 Å². The van der Waals surface area contributed by atoms with Crippen LogP contribution >= 0.6 is 34.3 Å². The Bertz CT molecular complexity index is 1180. The van der Waals surface area contributed by atoms with Crippen molar-refractivity contribution in [3.05, 3.63) is 52.5 Å². The number of rotatable bonds is 4. The van der Waals surface area contributed by atoms with Gasteiger partial charge >= 0.3 is 0 Å². The third-order valence-electron chi connectivity index (χ3n) is 4.30. The molecule has 3 heterocycles. The molecule has 1 aliphatic rings. The number of fused-ring (bicyclic) bond motifs is 2. The van der Waals surface area contributed by atoms with Crippen LogP contribution in [-0.4, -0.2) is 29.1 Å². The molecule has 0 spiro atoms. The topological polar surface area (TPSA) is 73.3 Å². The lowest BCUT2D eigenvalue weighted by Crippen LogP contribution is -2.15. The summed E-state index contributed by atoms with van der Waals surface area (Å²) in [4.78, 5) is 21.5. The lowest BCUT2D eigenvalue weighted by atomic mass is 10.2. The normalized spacial score (nSPS) is 12.9. The molecule has 0 radical (unpaired) electrons. The lowest BCUT2D eigenvalue weighted by Gasteiger charge is -2.17. The van der Waals surface area contributed by atoms with Crippen molar-refractivity contribution in [2.45, 2.75) is 6.42 Å². The molecule has 0 fully saturated rings. The van der Waals surface area contributed by atoms with Crippen LogP contribution in [0.3, 0.4) is 0 Å². The maximum atomic E-state index is 12.5. The first-order chi connectivity index (χ1) is 14.2. The molecule has 5 rings (SSSR count). The number of carbonyl (C=O) groups is 1. The fourth-order valence-corrected chi connectivity index (χ4v) is 5.03. The van der Waals surface area contributed by atoms with Crippen LogP contribution in [0.4, 0.5) is 5.13 Å². The second-order valence-electron chi connectivity index (χ2n) is 6.33. The number of thiazole rings is 2. The van der Waals surface area contributed by atoms with Gasteiger partial charge < -0.3 is 14.8 Å². The van der Waals surface area contributed by atoms with E-state index in [4.69, 9.17) is 21.1 Å². The molecule has 29 heavy (non-hydrogen) atoms. The SMILES string of the molecule is O=C(Cc1csc(-c2ccccc2Cl)n1)Nc1nc2cc3c(cc2s1)OCCO3. The van der Waals surface area contributed by atoms with Crippen molar-refractivity contribution < 1.29 is 14.3 Å². The first-order valence-corrected chi connectivity index (χ1v) is 10.9. The molecule has 2 aromatic carbocycles. The van der Waals surface area contributed by atoms with E-state index in [-0.39, 0.29) is 12.3 Å². The highest BCUT2D eigenvalue weighted by Gasteiger charge is 2.17. The highest BCUT2D eigenvalue weighted by Crippen LogP contribution is 2.38. The first kappa shape index (κ1) is 18.4. The summed E-state index contributed by atoms with van der Waals surface area (Å²) in [6, 6.07) is 11.3. The van der Waals surface area contributed by atoms with Crippen LogP contribution in [0.1, 0.15) is 5.69 Å². The van der Waals surface area contributed by atoms with Gasteiger partial charge in [-0.2, -0.15) is 0 Å². The zero-order valence-electron chi connectivity index (χ0n) is 15.0. The molecule has 0 saturated heterocycles.